The van der Waals surface area contributed by atoms with Crippen LogP contribution >= 0.6 is 0 Å². The number of halogens is 1. The minimum absolute atomic E-state index is 0.0271. The van der Waals surface area contributed by atoms with E-state index in [-0.39, 0.29) is 24.2 Å². The van der Waals surface area contributed by atoms with Gasteiger partial charge in [-0.25, -0.2) is 4.39 Å². The summed E-state index contributed by atoms with van der Waals surface area (Å²) in [6.45, 7) is 3.80. The third kappa shape index (κ3) is 4.28. The highest BCUT2D eigenvalue weighted by Crippen LogP contribution is 2.21. The molecule has 1 aromatic carbocycles. The molecule has 1 amide bonds. The molecule has 1 atom stereocenters. The Kier molecular flexibility index (Phi) is 5.53. The van der Waals surface area contributed by atoms with Gasteiger partial charge in [-0.3, -0.25) is 14.5 Å². The van der Waals surface area contributed by atoms with Crippen molar-refractivity contribution in [3.63, 3.8) is 0 Å². The zero-order valence-electron chi connectivity index (χ0n) is 14.2. The highest BCUT2D eigenvalue weighted by atomic mass is 19.1. The summed E-state index contributed by atoms with van der Waals surface area (Å²) in [6.07, 6.45) is 1.49. The number of piperazine rings is 1. The lowest BCUT2D eigenvalue weighted by molar-refractivity contribution is -0.145. The van der Waals surface area contributed by atoms with E-state index in [1.807, 2.05) is 15.9 Å². The Balaban J connectivity index is 1.50. The molecule has 2 aliphatic rings. The molecule has 25 heavy (non-hydrogen) atoms. The molecule has 0 saturated carbocycles. The Labute approximate surface area is 146 Å². The molecule has 0 aromatic heterocycles. The van der Waals surface area contributed by atoms with Crippen molar-refractivity contribution in [1.82, 2.24) is 9.80 Å². The van der Waals surface area contributed by atoms with E-state index in [9.17, 15) is 14.0 Å². The lowest BCUT2D eigenvalue weighted by atomic mass is 9.98. The normalized spacial score (nSPS) is 22.0. The Hall–Kier alpha value is -2.15. The molecule has 2 fully saturated rings. The number of benzene rings is 1. The van der Waals surface area contributed by atoms with Gasteiger partial charge >= 0.3 is 5.97 Å². The Bertz CT molecular complexity index is 632. The molecule has 0 aliphatic carbocycles. The van der Waals surface area contributed by atoms with Crippen molar-refractivity contribution in [1.29, 1.82) is 0 Å². The molecule has 1 aromatic rings. The van der Waals surface area contributed by atoms with Gasteiger partial charge in [0.15, 0.2) is 0 Å². The Morgan fingerprint density at radius 1 is 1.12 bits per heavy atom. The van der Waals surface area contributed by atoms with Crippen LogP contribution in [0, 0.1) is 11.7 Å². The predicted octanol–water partition coefficient (Wildman–Crippen LogP) is 1.27. The van der Waals surface area contributed by atoms with Crippen LogP contribution in [-0.4, -0.2) is 72.6 Å². The van der Waals surface area contributed by atoms with Crippen LogP contribution in [0.15, 0.2) is 24.3 Å². The first-order valence-electron chi connectivity index (χ1n) is 8.77. The molecule has 1 N–H and O–H groups in total. The van der Waals surface area contributed by atoms with Crippen LogP contribution in [-0.2, 0) is 9.59 Å². The topological polar surface area (TPSA) is 64.1 Å². The number of para-hydroxylation sites is 1. The third-order valence-corrected chi connectivity index (χ3v) is 5.04. The Morgan fingerprint density at radius 2 is 1.84 bits per heavy atom. The molecule has 136 valence electrons. The van der Waals surface area contributed by atoms with Crippen molar-refractivity contribution in [3.05, 3.63) is 30.1 Å². The van der Waals surface area contributed by atoms with Crippen LogP contribution in [0.5, 0.6) is 0 Å². The summed E-state index contributed by atoms with van der Waals surface area (Å²) in [5.41, 5.74) is 0.579. The number of amides is 1. The molecule has 2 saturated heterocycles. The van der Waals surface area contributed by atoms with Crippen molar-refractivity contribution in [2.45, 2.75) is 12.8 Å². The minimum atomic E-state index is -0.782. The van der Waals surface area contributed by atoms with E-state index in [2.05, 4.69) is 0 Å². The molecule has 0 radical (unpaired) electrons. The first-order chi connectivity index (χ1) is 12.0. The summed E-state index contributed by atoms with van der Waals surface area (Å²) in [7, 11) is 0. The van der Waals surface area contributed by atoms with Gasteiger partial charge in [0.2, 0.25) is 5.91 Å². The zero-order valence-corrected chi connectivity index (χ0v) is 14.2. The minimum Gasteiger partial charge on any atom is -0.481 e. The SMILES string of the molecule is O=C(O)C1CCCN(CC(=O)N2CCN(c3ccccc3F)CC2)C1. The van der Waals surface area contributed by atoms with E-state index in [4.69, 9.17) is 5.11 Å². The number of carbonyl (C=O) groups excluding carboxylic acids is 1. The molecule has 6 nitrogen and oxygen atoms in total. The molecule has 2 aliphatic heterocycles. The van der Waals surface area contributed by atoms with Gasteiger partial charge < -0.3 is 14.9 Å². The molecule has 0 bridgehead atoms. The second kappa shape index (κ2) is 7.82. The van der Waals surface area contributed by atoms with E-state index in [0.29, 0.717) is 44.8 Å². The lowest BCUT2D eigenvalue weighted by Gasteiger charge is -2.38. The summed E-state index contributed by atoms with van der Waals surface area (Å²) in [5.74, 6) is -1.37. The van der Waals surface area contributed by atoms with Gasteiger partial charge in [-0.05, 0) is 31.5 Å². The fourth-order valence-corrected chi connectivity index (χ4v) is 3.60. The van der Waals surface area contributed by atoms with Crippen molar-refractivity contribution in [3.8, 4) is 0 Å². The number of hydrogen-bond acceptors (Lipinski definition) is 4. The number of aliphatic carboxylic acids is 1. The average molecular weight is 349 g/mol. The predicted molar refractivity (Wildman–Crippen MR) is 92.0 cm³/mol. The van der Waals surface area contributed by atoms with Crippen molar-refractivity contribution in [2.75, 3.05) is 50.7 Å². The van der Waals surface area contributed by atoms with E-state index in [0.717, 1.165) is 13.0 Å². The number of likely N-dealkylation sites (tertiary alicyclic amines) is 1. The molecular weight excluding hydrogens is 325 g/mol. The number of rotatable bonds is 4. The Morgan fingerprint density at radius 3 is 2.52 bits per heavy atom. The van der Waals surface area contributed by atoms with Crippen molar-refractivity contribution >= 4 is 17.6 Å². The fourth-order valence-electron chi connectivity index (χ4n) is 3.60. The second-order valence-electron chi connectivity index (χ2n) is 6.73. The average Bonchev–Trinajstić information content (AvgIpc) is 2.62. The number of nitrogens with zero attached hydrogens (tertiary/aromatic N) is 3. The molecule has 7 heteroatoms. The second-order valence-corrected chi connectivity index (χ2v) is 6.73. The number of carboxylic acid groups (broad SMARTS) is 1. The van der Waals surface area contributed by atoms with Gasteiger partial charge in [-0.2, -0.15) is 0 Å². The summed E-state index contributed by atoms with van der Waals surface area (Å²) < 4.78 is 13.9. The third-order valence-electron chi connectivity index (χ3n) is 5.04. The number of carbonyl (C=O) groups is 2. The van der Waals surface area contributed by atoms with Crippen LogP contribution in [0.1, 0.15) is 12.8 Å². The summed E-state index contributed by atoms with van der Waals surface area (Å²) >= 11 is 0. The monoisotopic (exact) mass is 349 g/mol. The van der Waals surface area contributed by atoms with Crippen molar-refractivity contribution < 1.29 is 19.1 Å². The number of carboxylic acids is 1. The number of anilines is 1. The van der Waals surface area contributed by atoms with Gasteiger partial charge in [0.05, 0.1) is 18.2 Å². The van der Waals surface area contributed by atoms with E-state index in [1.54, 1.807) is 17.0 Å². The summed E-state index contributed by atoms with van der Waals surface area (Å²) in [5, 5.41) is 9.14. The lowest BCUT2D eigenvalue weighted by Crippen LogP contribution is -2.52. The molecular formula is C18H24FN3O3. The van der Waals surface area contributed by atoms with Gasteiger partial charge in [0.25, 0.3) is 0 Å². The van der Waals surface area contributed by atoms with Crippen LogP contribution < -0.4 is 4.90 Å². The van der Waals surface area contributed by atoms with E-state index in [1.165, 1.54) is 6.07 Å². The molecule has 0 spiro atoms. The molecule has 2 heterocycles. The van der Waals surface area contributed by atoms with E-state index < -0.39 is 5.97 Å². The molecule has 3 rings (SSSR count). The van der Waals surface area contributed by atoms with Gasteiger partial charge in [0.1, 0.15) is 5.82 Å². The summed E-state index contributed by atoms with van der Waals surface area (Å²) in [6, 6.07) is 6.68. The largest absolute Gasteiger partial charge is 0.481 e. The maximum absolute atomic E-state index is 13.9. The van der Waals surface area contributed by atoms with Gasteiger partial charge in [0, 0.05) is 32.7 Å². The fraction of sp³-hybridized carbons (Fsp3) is 0.556. The van der Waals surface area contributed by atoms with E-state index >= 15 is 0 Å². The van der Waals surface area contributed by atoms with Crippen LogP contribution in [0.3, 0.4) is 0 Å². The number of hydrogen-bond donors (Lipinski definition) is 1. The van der Waals surface area contributed by atoms with Crippen LogP contribution in [0.2, 0.25) is 0 Å². The van der Waals surface area contributed by atoms with Crippen LogP contribution in [0.25, 0.3) is 0 Å². The highest BCUT2D eigenvalue weighted by molar-refractivity contribution is 5.79. The first-order valence-corrected chi connectivity index (χ1v) is 8.77. The maximum Gasteiger partial charge on any atom is 0.307 e. The smallest absolute Gasteiger partial charge is 0.307 e. The molecule has 1 unspecified atom stereocenters. The van der Waals surface area contributed by atoms with Gasteiger partial charge in [-0.1, -0.05) is 12.1 Å². The summed E-state index contributed by atoms with van der Waals surface area (Å²) in [4.78, 5) is 29.3. The highest BCUT2D eigenvalue weighted by Gasteiger charge is 2.29. The van der Waals surface area contributed by atoms with Crippen molar-refractivity contribution in [2.24, 2.45) is 5.92 Å². The van der Waals surface area contributed by atoms with Crippen LogP contribution in [0.4, 0.5) is 10.1 Å². The first kappa shape index (κ1) is 17.7. The number of piperidine rings is 1. The van der Waals surface area contributed by atoms with Gasteiger partial charge in [-0.15, -0.1) is 0 Å². The standard InChI is InChI=1S/C18H24FN3O3/c19-15-5-1-2-6-16(15)21-8-10-22(11-9-21)17(23)13-20-7-3-4-14(12-20)18(24)25/h1-2,5-6,14H,3-4,7-13H2,(H,24,25). The zero-order chi connectivity index (χ0) is 17.8. The maximum atomic E-state index is 13.9. The quantitative estimate of drug-likeness (QED) is 0.887.